The van der Waals surface area contributed by atoms with Gasteiger partial charge < -0.3 is 4.74 Å². The molecular formula is C20H16F2N4O3S. The summed E-state index contributed by atoms with van der Waals surface area (Å²) in [6.45, 7) is -2.74. The fourth-order valence-corrected chi connectivity index (χ4v) is 3.62. The smallest absolute Gasteiger partial charge is 0.387 e. The zero-order valence-corrected chi connectivity index (χ0v) is 16.3. The van der Waals surface area contributed by atoms with E-state index >= 15 is 0 Å². The summed E-state index contributed by atoms with van der Waals surface area (Å²) in [7, 11) is -3.77. The van der Waals surface area contributed by atoms with Crippen molar-refractivity contribution in [3.63, 3.8) is 0 Å². The number of nitrogens with two attached hydrogens (primary N) is 1. The summed E-state index contributed by atoms with van der Waals surface area (Å²) >= 11 is 0. The molecule has 2 N–H and O–H groups in total. The normalized spacial score (nSPS) is 11.9. The zero-order chi connectivity index (χ0) is 21.3. The molecule has 0 fully saturated rings. The Morgan fingerprint density at radius 2 is 1.70 bits per heavy atom. The molecule has 0 amide bonds. The lowest BCUT2D eigenvalue weighted by Gasteiger charge is -2.11. The van der Waals surface area contributed by atoms with E-state index in [2.05, 4.69) is 15.0 Å². The summed E-state index contributed by atoms with van der Waals surface area (Å²) in [4.78, 5) is 0.0228. The van der Waals surface area contributed by atoms with Crippen molar-refractivity contribution in [2.75, 3.05) is 0 Å². The number of hydrogen-bond acceptors (Lipinski definition) is 5. The van der Waals surface area contributed by atoms with Gasteiger partial charge in [-0.05, 0) is 41.5 Å². The lowest BCUT2D eigenvalue weighted by molar-refractivity contribution is -0.0505. The largest absolute Gasteiger partial charge is 0.434 e. The SMILES string of the molecule is NS(=O)(=O)c1ccc(-c2ccc3nnn(Cc4ccccc4OC(F)F)c3c2)cc1. The van der Waals surface area contributed by atoms with Gasteiger partial charge in [0.1, 0.15) is 11.3 Å². The van der Waals surface area contributed by atoms with E-state index in [1.165, 1.54) is 18.2 Å². The van der Waals surface area contributed by atoms with Gasteiger partial charge in [-0.1, -0.05) is 41.6 Å². The van der Waals surface area contributed by atoms with Crippen LogP contribution in [0.4, 0.5) is 8.78 Å². The van der Waals surface area contributed by atoms with Crippen LogP contribution in [0.15, 0.2) is 71.6 Å². The van der Waals surface area contributed by atoms with Gasteiger partial charge in [-0.3, -0.25) is 0 Å². The van der Waals surface area contributed by atoms with E-state index in [1.807, 2.05) is 12.1 Å². The first-order valence-corrected chi connectivity index (χ1v) is 10.3. The second-order valence-corrected chi connectivity index (χ2v) is 8.07. The zero-order valence-electron chi connectivity index (χ0n) is 15.4. The number of nitrogens with zero attached hydrogens (tertiary/aromatic N) is 3. The Morgan fingerprint density at radius 3 is 2.40 bits per heavy atom. The van der Waals surface area contributed by atoms with E-state index in [0.717, 1.165) is 11.1 Å². The minimum atomic E-state index is -3.77. The quantitative estimate of drug-likeness (QED) is 0.505. The van der Waals surface area contributed by atoms with Crippen LogP contribution in [0.3, 0.4) is 0 Å². The fourth-order valence-electron chi connectivity index (χ4n) is 3.11. The lowest BCUT2D eigenvalue weighted by atomic mass is 10.1. The van der Waals surface area contributed by atoms with Crippen molar-refractivity contribution in [3.8, 4) is 16.9 Å². The number of sulfonamides is 1. The molecule has 0 aliphatic rings. The van der Waals surface area contributed by atoms with Crippen molar-refractivity contribution in [2.45, 2.75) is 18.1 Å². The minimum absolute atomic E-state index is 0.0228. The topological polar surface area (TPSA) is 100 Å². The van der Waals surface area contributed by atoms with E-state index in [0.29, 0.717) is 16.6 Å². The Kier molecular flexibility index (Phi) is 5.18. The number of fused-ring (bicyclic) bond motifs is 1. The molecule has 10 heteroatoms. The molecule has 0 aliphatic carbocycles. The molecule has 0 unspecified atom stereocenters. The Labute approximate surface area is 170 Å². The van der Waals surface area contributed by atoms with Crippen LogP contribution in [-0.2, 0) is 16.6 Å². The number of para-hydroxylation sites is 1. The summed E-state index contributed by atoms with van der Waals surface area (Å²) in [5.41, 5.74) is 3.44. The third-order valence-corrected chi connectivity index (χ3v) is 5.47. The summed E-state index contributed by atoms with van der Waals surface area (Å²) in [6, 6.07) is 18.1. The standard InChI is InChI=1S/C20H16F2N4O3S/c21-20(22)29-19-4-2-1-3-15(19)12-26-18-11-14(7-10-17(18)24-25-26)13-5-8-16(9-6-13)30(23,27)28/h1-11,20H,12H2,(H2,23,27,28). The van der Waals surface area contributed by atoms with Crippen LogP contribution in [0, 0.1) is 0 Å². The van der Waals surface area contributed by atoms with Gasteiger partial charge in [-0.15, -0.1) is 5.10 Å². The molecule has 1 heterocycles. The van der Waals surface area contributed by atoms with Crippen molar-refractivity contribution >= 4 is 21.1 Å². The number of alkyl halides is 2. The third kappa shape index (κ3) is 4.14. The van der Waals surface area contributed by atoms with Crippen molar-refractivity contribution in [1.29, 1.82) is 0 Å². The Morgan fingerprint density at radius 1 is 1.00 bits per heavy atom. The molecule has 0 saturated carbocycles. The van der Waals surface area contributed by atoms with Crippen LogP contribution < -0.4 is 9.88 Å². The maximum Gasteiger partial charge on any atom is 0.387 e. The van der Waals surface area contributed by atoms with Gasteiger partial charge in [0, 0.05) is 5.56 Å². The molecule has 30 heavy (non-hydrogen) atoms. The predicted octanol–water partition coefficient (Wildman–Crippen LogP) is 3.40. The van der Waals surface area contributed by atoms with E-state index in [4.69, 9.17) is 5.14 Å². The summed E-state index contributed by atoms with van der Waals surface area (Å²) in [5, 5.41) is 13.4. The Bertz CT molecular complexity index is 1310. The van der Waals surface area contributed by atoms with Crippen LogP contribution >= 0.6 is 0 Å². The van der Waals surface area contributed by atoms with Crippen molar-refractivity contribution in [2.24, 2.45) is 5.14 Å². The van der Waals surface area contributed by atoms with Crippen LogP contribution in [0.2, 0.25) is 0 Å². The lowest BCUT2D eigenvalue weighted by Crippen LogP contribution is -2.11. The van der Waals surface area contributed by atoms with Crippen LogP contribution in [0.1, 0.15) is 5.56 Å². The van der Waals surface area contributed by atoms with Gasteiger partial charge in [0.05, 0.1) is 17.0 Å². The van der Waals surface area contributed by atoms with Gasteiger partial charge in [-0.25, -0.2) is 18.2 Å². The molecule has 0 spiro atoms. The maximum atomic E-state index is 12.7. The van der Waals surface area contributed by atoms with Crippen LogP contribution in [0.25, 0.3) is 22.2 Å². The van der Waals surface area contributed by atoms with E-state index in [9.17, 15) is 17.2 Å². The van der Waals surface area contributed by atoms with Gasteiger partial charge in [0.15, 0.2) is 0 Å². The first kappa shape index (κ1) is 19.9. The second-order valence-electron chi connectivity index (χ2n) is 6.51. The molecule has 0 radical (unpaired) electrons. The Hall–Kier alpha value is -3.37. The summed E-state index contributed by atoms with van der Waals surface area (Å²) in [6.07, 6.45) is 0. The average molecular weight is 430 g/mol. The van der Waals surface area contributed by atoms with E-state index in [1.54, 1.807) is 41.1 Å². The maximum absolute atomic E-state index is 12.7. The van der Waals surface area contributed by atoms with Gasteiger partial charge >= 0.3 is 6.61 Å². The molecule has 0 atom stereocenters. The molecule has 7 nitrogen and oxygen atoms in total. The fraction of sp³-hybridized carbons (Fsp3) is 0.100. The second kappa shape index (κ2) is 7.81. The minimum Gasteiger partial charge on any atom is -0.434 e. The third-order valence-electron chi connectivity index (χ3n) is 4.54. The monoisotopic (exact) mass is 430 g/mol. The van der Waals surface area contributed by atoms with E-state index in [-0.39, 0.29) is 17.2 Å². The van der Waals surface area contributed by atoms with Crippen molar-refractivity contribution < 1.29 is 21.9 Å². The highest BCUT2D eigenvalue weighted by Gasteiger charge is 2.13. The summed E-state index contributed by atoms with van der Waals surface area (Å²) < 4.78 is 54.4. The number of ether oxygens (including phenoxy) is 1. The molecular weight excluding hydrogens is 414 g/mol. The Balaban J connectivity index is 1.69. The van der Waals surface area contributed by atoms with Crippen molar-refractivity contribution in [1.82, 2.24) is 15.0 Å². The molecule has 0 aliphatic heterocycles. The van der Waals surface area contributed by atoms with Crippen molar-refractivity contribution in [3.05, 3.63) is 72.3 Å². The predicted molar refractivity (Wildman–Crippen MR) is 107 cm³/mol. The molecule has 3 aromatic carbocycles. The highest BCUT2D eigenvalue weighted by molar-refractivity contribution is 7.89. The van der Waals surface area contributed by atoms with E-state index < -0.39 is 16.6 Å². The first-order valence-electron chi connectivity index (χ1n) is 8.80. The average Bonchev–Trinajstić information content (AvgIpc) is 3.10. The number of primary sulfonamides is 1. The number of rotatable bonds is 6. The molecule has 0 bridgehead atoms. The number of benzene rings is 3. The number of halogens is 2. The van der Waals surface area contributed by atoms with Crippen LogP contribution in [-0.4, -0.2) is 30.0 Å². The van der Waals surface area contributed by atoms with Gasteiger partial charge in [0.25, 0.3) is 0 Å². The number of aromatic nitrogens is 3. The van der Waals surface area contributed by atoms with Crippen LogP contribution in [0.5, 0.6) is 5.75 Å². The first-order chi connectivity index (χ1) is 14.3. The molecule has 0 saturated heterocycles. The molecule has 154 valence electrons. The van der Waals surface area contributed by atoms with Gasteiger partial charge in [-0.2, -0.15) is 8.78 Å². The number of hydrogen-bond donors (Lipinski definition) is 1. The highest BCUT2D eigenvalue weighted by Crippen LogP contribution is 2.26. The summed E-state index contributed by atoms with van der Waals surface area (Å²) in [5.74, 6) is 0.0749. The molecule has 4 rings (SSSR count). The highest BCUT2D eigenvalue weighted by atomic mass is 32.2. The molecule has 1 aromatic heterocycles. The molecule has 4 aromatic rings. The van der Waals surface area contributed by atoms with Gasteiger partial charge in [0.2, 0.25) is 10.0 Å².